The van der Waals surface area contributed by atoms with Crippen molar-refractivity contribution in [2.24, 2.45) is 0 Å². The molecule has 0 radical (unpaired) electrons. The van der Waals surface area contributed by atoms with Gasteiger partial charge in [0, 0.05) is 12.2 Å². The lowest BCUT2D eigenvalue weighted by Crippen LogP contribution is -2.34. The smallest absolute Gasteiger partial charge is 0.0688 e. The van der Waals surface area contributed by atoms with Gasteiger partial charge in [-0.3, -0.25) is 0 Å². The fourth-order valence-electron chi connectivity index (χ4n) is 1.74. The average Bonchev–Trinajstić information content (AvgIpc) is 2.31. The molecule has 92 valence electrons. The highest BCUT2D eigenvalue weighted by Crippen LogP contribution is 2.09. The van der Waals surface area contributed by atoms with Gasteiger partial charge in [0.25, 0.3) is 0 Å². The Labute approximate surface area is 104 Å². The average molecular weight is 230 g/mol. The van der Waals surface area contributed by atoms with E-state index in [0.29, 0.717) is 0 Å². The SMILES string of the molecule is C=CNC(Cc1ccc(C)cc1)C(=C)NCC. The molecule has 0 aliphatic rings. The second-order valence-electron chi connectivity index (χ2n) is 4.17. The standard InChI is InChI=1S/C15H22N2/c1-5-16-13(4)15(17-6-2)11-14-9-7-12(3)8-10-14/h6-10,15-17H,2,4-5,11H2,1,3H3. The molecule has 1 aromatic carbocycles. The van der Waals surface area contributed by atoms with Crippen molar-refractivity contribution in [3.8, 4) is 0 Å². The zero-order valence-electron chi connectivity index (χ0n) is 10.8. The monoisotopic (exact) mass is 230 g/mol. The first-order valence-electron chi connectivity index (χ1n) is 6.02. The zero-order chi connectivity index (χ0) is 12.7. The molecule has 0 amide bonds. The third-order valence-corrected chi connectivity index (χ3v) is 2.70. The van der Waals surface area contributed by atoms with Crippen LogP contribution < -0.4 is 10.6 Å². The Kier molecular flexibility index (Phi) is 5.34. The summed E-state index contributed by atoms with van der Waals surface area (Å²) in [7, 11) is 0. The number of likely N-dealkylation sites (N-methyl/N-ethyl adjacent to an activating group) is 1. The summed E-state index contributed by atoms with van der Waals surface area (Å²) in [5.41, 5.74) is 3.59. The van der Waals surface area contributed by atoms with E-state index >= 15 is 0 Å². The molecule has 0 aromatic heterocycles. The quantitative estimate of drug-likeness (QED) is 0.752. The van der Waals surface area contributed by atoms with Crippen molar-refractivity contribution in [3.05, 3.63) is 60.4 Å². The van der Waals surface area contributed by atoms with Crippen LogP contribution in [-0.4, -0.2) is 12.6 Å². The zero-order valence-corrected chi connectivity index (χ0v) is 10.8. The van der Waals surface area contributed by atoms with Crippen LogP contribution in [0.1, 0.15) is 18.1 Å². The molecule has 1 rings (SSSR count). The number of hydrogen-bond acceptors (Lipinski definition) is 2. The summed E-state index contributed by atoms with van der Waals surface area (Å²) in [4.78, 5) is 0. The maximum Gasteiger partial charge on any atom is 0.0688 e. The van der Waals surface area contributed by atoms with Crippen LogP contribution >= 0.6 is 0 Å². The summed E-state index contributed by atoms with van der Waals surface area (Å²) in [5, 5.41) is 6.49. The lowest BCUT2D eigenvalue weighted by molar-refractivity contribution is 0.611. The van der Waals surface area contributed by atoms with Gasteiger partial charge in [0.15, 0.2) is 0 Å². The summed E-state index contributed by atoms with van der Waals surface area (Å²) in [6.45, 7) is 12.8. The molecule has 2 nitrogen and oxygen atoms in total. The number of nitrogens with one attached hydrogen (secondary N) is 2. The summed E-state index contributed by atoms with van der Waals surface area (Å²) in [6.07, 6.45) is 2.64. The molecule has 1 aromatic rings. The molecule has 0 spiro atoms. The van der Waals surface area contributed by atoms with Crippen molar-refractivity contribution in [1.29, 1.82) is 0 Å². The highest BCUT2D eigenvalue weighted by atomic mass is 15.0. The van der Waals surface area contributed by atoms with Gasteiger partial charge in [0.2, 0.25) is 0 Å². The fraction of sp³-hybridized carbons (Fsp3) is 0.333. The van der Waals surface area contributed by atoms with Crippen LogP contribution in [0.5, 0.6) is 0 Å². The third-order valence-electron chi connectivity index (χ3n) is 2.70. The van der Waals surface area contributed by atoms with Gasteiger partial charge >= 0.3 is 0 Å². The molecular formula is C15H22N2. The molecule has 17 heavy (non-hydrogen) atoms. The van der Waals surface area contributed by atoms with E-state index in [2.05, 4.69) is 61.9 Å². The van der Waals surface area contributed by atoms with Crippen LogP contribution in [0, 0.1) is 6.92 Å². The predicted molar refractivity (Wildman–Crippen MR) is 74.8 cm³/mol. The summed E-state index contributed by atoms with van der Waals surface area (Å²) in [6, 6.07) is 8.78. The minimum atomic E-state index is 0.190. The minimum absolute atomic E-state index is 0.190. The molecule has 0 aliphatic carbocycles. The first kappa shape index (κ1) is 13.4. The van der Waals surface area contributed by atoms with E-state index in [1.165, 1.54) is 11.1 Å². The van der Waals surface area contributed by atoms with Crippen LogP contribution in [0.4, 0.5) is 0 Å². The third kappa shape index (κ3) is 4.35. The Morgan fingerprint density at radius 2 is 2.00 bits per heavy atom. The van der Waals surface area contributed by atoms with E-state index < -0.39 is 0 Å². The van der Waals surface area contributed by atoms with E-state index in [1.54, 1.807) is 6.20 Å². The topological polar surface area (TPSA) is 24.1 Å². The van der Waals surface area contributed by atoms with Gasteiger partial charge in [-0.1, -0.05) is 43.0 Å². The van der Waals surface area contributed by atoms with Crippen molar-refractivity contribution in [2.75, 3.05) is 6.54 Å². The molecule has 2 N–H and O–H groups in total. The van der Waals surface area contributed by atoms with Gasteiger partial charge < -0.3 is 10.6 Å². The molecule has 0 fully saturated rings. The molecule has 0 saturated heterocycles. The fourth-order valence-corrected chi connectivity index (χ4v) is 1.74. The number of aryl methyl sites for hydroxylation is 1. The van der Waals surface area contributed by atoms with Gasteiger partial charge in [-0.25, -0.2) is 0 Å². The van der Waals surface area contributed by atoms with E-state index in [4.69, 9.17) is 0 Å². The van der Waals surface area contributed by atoms with Crippen molar-refractivity contribution in [2.45, 2.75) is 26.3 Å². The second kappa shape index (κ2) is 6.79. The van der Waals surface area contributed by atoms with Gasteiger partial charge in [0.05, 0.1) is 6.04 Å². The number of rotatable bonds is 7. The Balaban J connectivity index is 2.68. The van der Waals surface area contributed by atoms with Gasteiger partial charge in [-0.2, -0.15) is 0 Å². The molecule has 1 unspecified atom stereocenters. The molecule has 0 heterocycles. The first-order valence-corrected chi connectivity index (χ1v) is 6.02. The van der Waals surface area contributed by atoms with E-state index in [1.807, 2.05) is 0 Å². The molecule has 0 saturated carbocycles. The first-order chi connectivity index (χ1) is 8.17. The number of hydrogen-bond donors (Lipinski definition) is 2. The van der Waals surface area contributed by atoms with Crippen molar-refractivity contribution in [3.63, 3.8) is 0 Å². The van der Waals surface area contributed by atoms with Crippen LogP contribution in [0.3, 0.4) is 0 Å². The summed E-state index contributed by atoms with van der Waals surface area (Å²) >= 11 is 0. The lowest BCUT2D eigenvalue weighted by Gasteiger charge is -2.21. The van der Waals surface area contributed by atoms with E-state index in [9.17, 15) is 0 Å². The Morgan fingerprint density at radius 3 is 2.53 bits per heavy atom. The second-order valence-corrected chi connectivity index (χ2v) is 4.17. The van der Waals surface area contributed by atoms with E-state index in [-0.39, 0.29) is 6.04 Å². The highest BCUT2D eigenvalue weighted by Gasteiger charge is 2.10. The normalized spacial score (nSPS) is 11.6. The van der Waals surface area contributed by atoms with Crippen molar-refractivity contribution >= 4 is 0 Å². The van der Waals surface area contributed by atoms with E-state index in [0.717, 1.165) is 18.7 Å². The minimum Gasteiger partial charge on any atom is -0.387 e. The number of benzene rings is 1. The Hall–Kier alpha value is -1.70. The molecule has 1 atom stereocenters. The molecule has 0 aliphatic heterocycles. The van der Waals surface area contributed by atoms with Crippen LogP contribution in [0.2, 0.25) is 0 Å². The van der Waals surface area contributed by atoms with Crippen LogP contribution in [0.25, 0.3) is 0 Å². The lowest BCUT2D eigenvalue weighted by atomic mass is 10.0. The van der Waals surface area contributed by atoms with Crippen molar-refractivity contribution < 1.29 is 0 Å². The Bertz CT molecular complexity index is 365. The van der Waals surface area contributed by atoms with Gasteiger partial charge in [-0.15, -0.1) is 0 Å². The van der Waals surface area contributed by atoms with Gasteiger partial charge in [0.1, 0.15) is 0 Å². The summed E-state index contributed by atoms with van der Waals surface area (Å²) in [5.74, 6) is 0. The largest absolute Gasteiger partial charge is 0.387 e. The molecule has 2 heteroatoms. The van der Waals surface area contributed by atoms with Crippen molar-refractivity contribution in [1.82, 2.24) is 10.6 Å². The Morgan fingerprint density at radius 1 is 1.35 bits per heavy atom. The molecule has 0 bridgehead atoms. The summed E-state index contributed by atoms with van der Waals surface area (Å²) < 4.78 is 0. The van der Waals surface area contributed by atoms with Gasteiger partial charge in [-0.05, 0) is 32.0 Å². The maximum atomic E-state index is 4.06. The van der Waals surface area contributed by atoms with Crippen LogP contribution in [0.15, 0.2) is 49.3 Å². The molecular weight excluding hydrogens is 208 g/mol. The predicted octanol–water partition coefficient (Wildman–Crippen LogP) is 2.76. The highest BCUT2D eigenvalue weighted by molar-refractivity contribution is 5.24. The van der Waals surface area contributed by atoms with Crippen LogP contribution in [-0.2, 0) is 6.42 Å². The maximum absolute atomic E-state index is 4.06.